The fourth-order valence-electron chi connectivity index (χ4n) is 2.23. The number of carbonyl (C=O) groups is 1. The average Bonchev–Trinajstić information content (AvgIpc) is 2.48. The van der Waals surface area contributed by atoms with E-state index in [0.29, 0.717) is 6.42 Å². The van der Waals surface area contributed by atoms with Crippen LogP contribution < -0.4 is 10.9 Å². The van der Waals surface area contributed by atoms with Gasteiger partial charge in [-0.1, -0.05) is 42.5 Å². The Kier molecular flexibility index (Phi) is 2.20. The Balaban J connectivity index is 2.33. The van der Waals surface area contributed by atoms with Gasteiger partial charge in [0, 0.05) is 5.56 Å². The molecule has 17 heavy (non-hydrogen) atoms. The van der Waals surface area contributed by atoms with Gasteiger partial charge in [-0.2, -0.15) is 0 Å². The van der Waals surface area contributed by atoms with Gasteiger partial charge in [0.25, 0.3) is 0 Å². The summed E-state index contributed by atoms with van der Waals surface area (Å²) < 4.78 is 0. The molecule has 0 unspecified atom stereocenters. The van der Waals surface area contributed by atoms with Crippen molar-refractivity contribution in [3.63, 3.8) is 0 Å². The Bertz CT molecular complexity index is 592. The molecule has 3 rings (SSSR count). The number of hydrazine groups is 1. The summed E-state index contributed by atoms with van der Waals surface area (Å²) in [4.78, 5) is 11.9. The van der Waals surface area contributed by atoms with Crippen molar-refractivity contribution in [2.45, 2.75) is 6.42 Å². The van der Waals surface area contributed by atoms with Gasteiger partial charge >= 0.3 is 0 Å². The number of anilines is 1. The Hall–Kier alpha value is -2.13. The molecule has 0 bridgehead atoms. The van der Waals surface area contributed by atoms with Crippen molar-refractivity contribution in [2.24, 2.45) is 5.84 Å². The van der Waals surface area contributed by atoms with Crippen molar-refractivity contribution < 1.29 is 4.79 Å². The SMILES string of the molecule is NN1C(=O)Cc2ccccc2-c2ccccc21. The minimum atomic E-state index is -0.0811. The number of carbonyl (C=O) groups excluding carboxylic acids is 1. The Morgan fingerprint density at radius 2 is 1.59 bits per heavy atom. The number of hydrogen-bond acceptors (Lipinski definition) is 2. The molecule has 2 aromatic rings. The van der Waals surface area contributed by atoms with Gasteiger partial charge in [0.2, 0.25) is 5.91 Å². The van der Waals surface area contributed by atoms with E-state index in [0.717, 1.165) is 22.4 Å². The average molecular weight is 224 g/mol. The Morgan fingerprint density at radius 3 is 2.41 bits per heavy atom. The van der Waals surface area contributed by atoms with Gasteiger partial charge in [0.05, 0.1) is 12.1 Å². The van der Waals surface area contributed by atoms with E-state index in [1.54, 1.807) is 0 Å². The van der Waals surface area contributed by atoms with Crippen LogP contribution in [0, 0.1) is 0 Å². The fourth-order valence-corrected chi connectivity index (χ4v) is 2.23. The maximum Gasteiger partial charge on any atom is 0.245 e. The molecule has 1 amide bonds. The van der Waals surface area contributed by atoms with Crippen LogP contribution in [0.25, 0.3) is 11.1 Å². The number of rotatable bonds is 0. The number of nitrogens with zero attached hydrogens (tertiary/aromatic N) is 1. The highest BCUT2D eigenvalue weighted by Crippen LogP contribution is 2.34. The maximum absolute atomic E-state index is 11.9. The van der Waals surface area contributed by atoms with Crippen molar-refractivity contribution in [3.05, 3.63) is 54.1 Å². The monoisotopic (exact) mass is 224 g/mol. The van der Waals surface area contributed by atoms with E-state index in [-0.39, 0.29) is 5.91 Å². The summed E-state index contributed by atoms with van der Waals surface area (Å²) in [6, 6.07) is 15.6. The molecule has 0 fully saturated rings. The van der Waals surface area contributed by atoms with Crippen molar-refractivity contribution in [1.82, 2.24) is 0 Å². The molecule has 2 aromatic carbocycles. The highest BCUT2D eigenvalue weighted by atomic mass is 16.2. The lowest BCUT2D eigenvalue weighted by molar-refractivity contribution is -0.118. The van der Waals surface area contributed by atoms with Crippen LogP contribution in [-0.2, 0) is 11.2 Å². The summed E-state index contributed by atoms with van der Waals surface area (Å²) in [7, 11) is 0. The molecule has 1 heterocycles. The molecule has 1 aliphatic rings. The number of fused-ring (bicyclic) bond motifs is 3. The molecule has 0 saturated heterocycles. The first kappa shape index (κ1) is 10.1. The quantitative estimate of drug-likeness (QED) is 0.550. The van der Waals surface area contributed by atoms with Crippen LogP contribution in [0.4, 0.5) is 5.69 Å². The zero-order valence-electron chi connectivity index (χ0n) is 9.26. The zero-order chi connectivity index (χ0) is 11.8. The van der Waals surface area contributed by atoms with Crippen molar-refractivity contribution in [1.29, 1.82) is 0 Å². The predicted octanol–water partition coefficient (Wildman–Crippen LogP) is 2.12. The van der Waals surface area contributed by atoms with Crippen LogP contribution in [0.1, 0.15) is 5.56 Å². The van der Waals surface area contributed by atoms with E-state index in [4.69, 9.17) is 5.84 Å². The zero-order valence-corrected chi connectivity index (χ0v) is 9.26. The van der Waals surface area contributed by atoms with Crippen LogP contribution in [-0.4, -0.2) is 5.91 Å². The second kappa shape index (κ2) is 3.71. The molecule has 0 saturated carbocycles. The van der Waals surface area contributed by atoms with E-state index in [1.165, 1.54) is 5.01 Å². The van der Waals surface area contributed by atoms with Gasteiger partial charge in [-0.05, 0) is 17.2 Å². The van der Waals surface area contributed by atoms with Crippen molar-refractivity contribution >= 4 is 11.6 Å². The fraction of sp³-hybridized carbons (Fsp3) is 0.0714. The van der Waals surface area contributed by atoms with Gasteiger partial charge in [0.1, 0.15) is 0 Å². The first-order chi connectivity index (χ1) is 8.27. The number of hydrogen-bond donors (Lipinski definition) is 1. The molecular formula is C14H12N2O. The molecule has 0 aromatic heterocycles. The number of para-hydroxylation sites is 1. The molecular weight excluding hydrogens is 212 g/mol. The lowest BCUT2D eigenvalue weighted by Crippen LogP contribution is -2.37. The largest absolute Gasteiger partial charge is 0.273 e. The molecule has 1 aliphatic heterocycles. The Morgan fingerprint density at radius 1 is 0.941 bits per heavy atom. The van der Waals surface area contributed by atoms with Gasteiger partial charge in [0.15, 0.2) is 0 Å². The molecule has 0 atom stereocenters. The molecule has 0 radical (unpaired) electrons. The molecule has 0 aliphatic carbocycles. The second-order valence-corrected chi connectivity index (χ2v) is 4.11. The van der Waals surface area contributed by atoms with Crippen LogP contribution in [0.5, 0.6) is 0 Å². The standard InChI is InChI=1S/C14H12N2O/c15-16-13-8-4-3-7-12(13)11-6-2-1-5-10(11)9-14(16)17/h1-8H,9,15H2. The first-order valence-electron chi connectivity index (χ1n) is 5.52. The molecule has 2 N–H and O–H groups in total. The van der Waals surface area contributed by atoms with E-state index in [9.17, 15) is 4.79 Å². The summed E-state index contributed by atoms with van der Waals surface area (Å²) >= 11 is 0. The van der Waals surface area contributed by atoms with Crippen LogP contribution in [0.15, 0.2) is 48.5 Å². The first-order valence-corrected chi connectivity index (χ1v) is 5.52. The molecule has 3 nitrogen and oxygen atoms in total. The summed E-state index contributed by atoms with van der Waals surface area (Å²) in [6.07, 6.45) is 0.349. The topological polar surface area (TPSA) is 46.3 Å². The van der Waals surface area contributed by atoms with Gasteiger partial charge in [-0.25, -0.2) is 10.9 Å². The summed E-state index contributed by atoms with van der Waals surface area (Å²) in [5.41, 5.74) is 3.89. The third kappa shape index (κ3) is 1.52. The molecule has 3 heteroatoms. The van der Waals surface area contributed by atoms with Gasteiger partial charge < -0.3 is 0 Å². The lowest BCUT2D eigenvalue weighted by atomic mass is 9.98. The van der Waals surface area contributed by atoms with E-state index in [1.807, 2.05) is 48.5 Å². The summed E-state index contributed by atoms with van der Waals surface area (Å²) in [5, 5.41) is 1.25. The minimum Gasteiger partial charge on any atom is -0.273 e. The number of nitrogens with two attached hydrogens (primary N) is 1. The summed E-state index contributed by atoms with van der Waals surface area (Å²) in [5.74, 6) is 5.77. The van der Waals surface area contributed by atoms with E-state index < -0.39 is 0 Å². The minimum absolute atomic E-state index is 0.0811. The number of amides is 1. The highest BCUT2D eigenvalue weighted by molar-refractivity contribution is 6.01. The van der Waals surface area contributed by atoms with Gasteiger partial charge in [-0.3, -0.25) is 4.79 Å². The van der Waals surface area contributed by atoms with Gasteiger partial charge in [-0.15, -0.1) is 0 Å². The lowest BCUT2D eigenvalue weighted by Gasteiger charge is -2.16. The second-order valence-electron chi connectivity index (χ2n) is 4.11. The smallest absolute Gasteiger partial charge is 0.245 e. The van der Waals surface area contributed by atoms with Crippen LogP contribution >= 0.6 is 0 Å². The summed E-state index contributed by atoms with van der Waals surface area (Å²) in [6.45, 7) is 0. The normalized spacial score (nSPS) is 13.9. The van der Waals surface area contributed by atoms with E-state index in [2.05, 4.69) is 0 Å². The highest BCUT2D eigenvalue weighted by Gasteiger charge is 2.22. The van der Waals surface area contributed by atoms with Crippen molar-refractivity contribution in [3.8, 4) is 11.1 Å². The predicted molar refractivity (Wildman–Crippen MR) is 67.3 cm³/mol. The maximum atomic E-state index is 11.9. The third-order valence-electron chi connectivity index (χ3n) is 3.08. The third-order valence-corrected chi connectivity index (χ3v) is 3.08. The molecule has 0 spiro atoms. The van der Waals surface area contributed by atoms with Crippen molar-refractivity contribution in [2.75, 3.05) is 5.01 Å². The van der Waals surface area contributed by atoms with Crippen LogP contribution in [0.3, 0.4) is 0 Å². The molecule has 84 valence electrons. The Labute approximate surface area is 99.4 Å². The van der Waals surface area contributed by atoms with E-state index >= 15 is 0 Å². The number of benzene rings is 2. The van der Waals surface area contributed by atoms with Crippen LogP contribution in [0.2, 0.25) is 0 Å².